The number of hydrogen-bond donors (Lipinski definition) is 2. The van der Waals surface area contributed by atoms with Gasteiger partial charge in [0.15, 0.2) is 5.78 Å². The van der Waals surface area contributed by atoms with E-state index in [0.29, 0.717) is 30.5 Å². The minimum absolute atomic E-state index is 0.0328. The van der Waals surface area contributed by atoms with E-state index < -0.39 is 28.9 Å². The van der Waals surface area contributed by atoms with Gasteiger partial charge < -0.3 is 19.9 Å². The van der Waals surface area contributed by atoms with Crippen LogP contribution in [0.25, 0.3) is 0 Å². The van der Waals surface area contributed by atoms with E-state index >= 15 is 0 Å². The molecular weight excluding hydrogens is 714 g/mol. The van der Waals surface area contributed by atoms with Crippen LogP contribution in [0, 0.1) is 55.7 Å². The molecule has 7 rings (SSSR count). The van der Waals surface area contributed by atoms with Gasteiger partial charge in [0.2, 0.25) is 0 Å². The van der Waals surface area contributed by atoms with Crippen LogP contribution in [0.2, 0.25) is 5.02 Å². The minimum atomic E-state index is -1.17. The molecule has 0 saturated heterocycles. The summed E-state index contributed by atoms with van der Waals surface area (Å²) in [6.07, 6.45) is 8.47. The van der Waals surface area contributed by atoms with Gasteiger partial charge in [-0.15, -0.1) is 0 Å². The Morgan fingerprint density at radius 1 is 0.927 bits per heavy atom. The Morgan fingerprint density at radius 2 is 1.60 bits per heavy atom. The Hall–Kier alpha value is -2.71. The van der Waals surface area contributed by atoms with Crippen molar-refractivity contribution in [1.82, 2.24) is 5.32 Å². The molecule has 1 unspecified atom stereocenters. The van der Waals surface area contributed by atoms with E-state index in [1.165, 1.54) is 12.5 Å². The number of ether oxygens (including phenoxy) is 2. The van der Waals surface area contributed by atoms with Crippen LogP contribution in [-0.4, -0.2) is 47.6 Å². The largest absolute Gasteiger partial charge is 0.481 e. The molecule has 0 aliphatic heterocycles. The molecule has 0 heterocycles. The minimum Gasteiger partial charge on any atom is -0.481 e. The molecule has 8 nitrogen and oxygen atoms in total. The number of aliphatic carboxylic acids is 1. The molecular formula is C46H64ClNO7. The predicted molar refractivity (Wildman–Crippen MR) is 212 cm³/mol. The highest BCUT2D eigenvalue weighted by Crippen LogP contribution is 2.87. The summed E-state index contributed by atoms with van der Waals surface area (Å²) >= 11 is 6.15. The third-order valence-electron chi connectivity index (χ3n) is 17.3. The van der Waals surface area contributed by atoms with Gasteiger partial charge >= 0.3 is 17.9 Å². The van der Waals surface area contributed by atoms with Gasteiger partial charge in [0.25, 0.3) is 0 Å². The summed E-state index contributed by atoms with van der Waals surface area (Å²) in [7, 11) is 0. The molecule has 6 aliphatic carbocycles. The molecule has 0 aromatic heterocycles. The van der Waals surface area contributed by atoms with E-state index in [1.54, 1.807) is 13.8 Å². The molecule has 302 valence electrons. The van der Waals surface area contributed by atoms with E-state index in [4.69, 9.17) is 21.1 Å². The highest BCUT2D eigenvalue weighted by molar-refractivity contribution is 6.30. The maximum Gasteiger partial charge on any atom is 0.309 e. The second-order valence-electron chi connectivity index (χ2n) is 20.6. The predicted octanol–water partition coefficient (Wildman–Crippen LogP) is 9.51. The van der Waals surface area contributed by atoms with Crippen LogP contribution in [0.4, 0.5) is 0 Å². The van der Waals surface area contributed by atoms with Crippen LogP contribution >= 0.6 is 11.6 Å². The van der Waals surface area contributed by atoms with Crippen molar-refractivity contribution < 1.29 is 33.8 Å². The van der Waals surface area contributed by atoms with Gasteiger partial charge in [-0.3, -0.25) is 19.2 Å². The highest BCUT2D eigenvalue weighted by atomic mass is 35.5. The van der Waals surface area contributed by atoms with Gasteiger partial charge in [-0.2, -0.15) is 0 Å². The van der Waals surface area contributed by atoms with Gasteiger partial charge in [0.1, 0.15) is 12.2 Å². The molecule has 0 radical (unpaired) electrons. The van der Waals surface area contributed by atoms with Crippen molar-refractivity contribution in [2.45, 2.75) is 152 Å². The normalized spacial score (nSPS) is 39.6. The summed E-state index contributed by atoms with van der Waals surface area (Å²) in [6.45, 7) is 20.0. The van der Waals surface area contributed by atoms with E-state index in [1.807, 2.05) is 24.3 Å². The SMILES string of the molecule is CC(=O)O[C@H](CNCc1ccc(Cl)cc1)[C@@]12CC[C@]3(C)[C@H](CC[C@@H]4[C@@]5(C)CC[C@H](OC(=O)CC(C)(C)C(=O)O)C6(C)C[C@]65CC[C@]43C)C1=C(C(C)C)C(=O)C2. The van der Waals surface area contributed by atoms with Crippen LogP contribution in [-0.2, 0) is 35.2 Å². The summed E-state index contributed by atoms with van der Waals surface area (Å²) in [4.78, 5) is 52.0. The van der Waals surface area contributed by atoms with Gasteiger partial charge in [-0.1, -0.05) is 65.3 Å². The Labute approximate surface area is 333 Å². The number of nitrogens with one attached hydrogen (secondary N) is 1. The van der Waals surface area contributed by atoms with Crippen LogP contribution in [0.1, 0.15) is 139 Å². The van der Waals surface area contributed by atoms with Crippen LogP contribution in [0.5, 0.6) is 0 Å². The van der Waals surface area contributed by atoms with Gasteiger partial charge in [-0.05, 0) is 140 Å². The van der Waals surface area contributed by atoms with Crippen LogP contribution in [0.15, 0.2) is 35.4 Å². The second-order valence-corrected chi connectivity index (χ2v) is 21.0. The molecule has 5 saturated carbocycles. The fraction of sp³-hybridized carbons (Fsp3) is 0.739. The summed E-state index contributed by atoms with van der Waals surface area (Å²) < 4.78 is 12.5. The van der Waals surface area contributed by atoms with Crippen molar-refractivity contribution in [1.29, 1.82) is 0 Å². The standard InChI is InChI=1S/C46H64ClNO7/c1-27(2)37-32(50)22-45(35(54-28(3)49)25-48-24-29-10-12-30(47)13-11-29)20-18-41(6)31(38(37)45)14-15-33-42(41,7)19-21-46-26-44(46,9)34(16-17-43(33,46)8)55-36(51)23-40(4,5)39(52)53/h10-13,27,31,33-35,48H,14-26H2,1-9H3,(H,52,53)/t31-,33+,34+,35-,41-,42-,43-,44?,45+,46+/m1/s1. The Bertz CT molecular complexity index is 1800. The number of fused-ring (bicyclic) bond motifs is 6. The molecule has 1 aromatic carbocycles. The van der Waals surface area contributed by atoms with Gasteiger partial charge in [0.05, 0.1) is 11.8 Å². The maximum absolute atomic E-state index is 14.3. The lowest BCUT2D eigenvalue weighted by Crippen LogP contribution is -2.65. The van der Waals surface area contributed by atoms with Gasteiger partial charge in [0, 0.05) is 42.3 Å². The fourth-order valence-electron chi connectivity index (χ4n) is 14.2. The molecule has 10 atom stereocenters. The van der Waals surface area contributed by atoms with Crippen molar-refractivity contribution in [2.75, 3.05) is 6.54 Å². The lowest BCUT2D eigenvalue weighted by Gasteiger charge is -2.71. The number of esters is 2. The zero-order valence-electron chi connectivity index (χ0n) is 34.7. The zero-order chi connectivity index (χ0) is 40.1. The van der Waals surface area contributed by atoms with E-state index in [0.717, 1.165) is 68.9 Å². The summed E-state index contributed by atoms with van der Waals surface area (Å²) in [5.74, 6) is -0.704. The van der Waals surface area contributed by atoms with Crippen LogP contribution < -0.4 is 5.32 Å². The number of allylic oxidation sites excluding steroid dienone is 1. The number of carbonyl (C=O) groups excluding carboxylic acids is 3. The zero-order valence-corrected chi connectivity index (χ0v) is 35.4. The summed E-state index contributed by atoms with van der Waals surface area (Å²) in [6, 6.07) is 7.77. The van der Waals surface area contributed by atoms with E-state index in [-0.39, 0.29) is 63.2 Å². The molecule has 0 bridgehead atoms. The van der Waals surface area contributed by atoms with Crippen molar-refractivity contribution in [3.8, 4) is 0 Å². The first-order valence-corrected chi connectivity index (χ1v) is 21.3. The van der Waals surface area contributed by atoms with Crippen molar-refractivity contribution in [3.63, 3.8) is 0 Å². The second kappa shape index (κ2) is 13.4. The summed E-state index contributed by atoms with van der Waals surface area (Å²) in [5, 5.41) is 13.9. The maximum atomic E-state index is 14.3. The van der Waals surface area contributed by atoms with Crippen molar-refractivity contribution in [2.24, 2.45) is 55.7 Å². The topological polar surface area (TPSA) is 119 Å². The monoisotopic (exact) mass is 777 g/mol. The third kappa shape index (κ3) is 5.90. The number of rotatable bonds is 11. The third-order valence-corrected chi connectivity index (χ3v) is 17.6. The smallest absolute Gasteiger partial charge is 0.309 e. The number of carboxylic acids is 1. The number of ketones is 1. The molecule has 55 heavy (non-hydrogen) atoms. The summed E-state index contributed by atoms with van der Waals surface area (Å²) in [5.41, 5.74) is 1.70. The number of Topliss-reactive ketones (excluding diaryl/α,β-unsaturated/α-hetero) is 1. The molecule has 9 heteroatoms. The number of benzene rings is 1. The van der Waals surface area contributed by atoms with Gasteiger partial charge in [-0.25, -0.2) is 0 Å². The molecule has 5 fully saturated rings. The lowest BCUT2D eigenvalue weighted by molar-refractivity contribution is -0.221. The number of carbonyl (C=O) groups is 4. The average Bonchev–Trinajstić information content (AvgIpc) is 3.62. The fourth-order valence-corrected chi connectivity index (χ4v) is 14.3. The number of halogens is 1. The van der Waals surface area contributed by atoms with Crippen molar-refractivity contribution >= 4 is 35.3 Å². The molecule has 1 spiro atoms. The number of carboxylic acid groups (broad SMARTS) is 1. The lowest BCUT2D eigenvalue weighted by atomic mass is 9.33. The Kier molecular flexibility index (Phi) is 9.88. The Morgan fingerprint density at radius 3 is 2.24 bits per heavy atom. The first-order chi connectivity index (χ1) is 25.6. The Balaban J connectivity index is 1.18. The first kappa shape index (κ1) is 40.5. The molecule has 0 amide bonds. The first-order valence-electron chi connectivity index (χ1n) is 20.9. The quantitative estimate of drug-likeness (QED) is 0.213. The molecule has 1 aromatic rings. The van der Waals surface area contributed by atoms with E-state index in [2.05, 4.69) is 46.9 Å². The van der Waals surface area contributed by atoms with E-state index in [9.17, 15) is 24.3 Å². The van der Waals surface area contributed by atoms with Crippen LogP contribution in [0.3, 0.4) is 0 Å². The highest BCUT2D eigenvalue weighted by Gasteiger charge is 2.82. The number of hydrogen-bond acceptors (Lipinski definition) is 7. The van der Waals surface area contributed by atoms with Crippen molar-refractivity contribution in [3.05, 3.63) is 46.0 Å². The molecule has 2 N–H and O–H groups in total. The molecule has 6 aliphatic rings. The average molecular weight is 778 g/mol.